The Bertz CT molecular complexity index is 612. The van der Waals surface area contributed by atoms with E-state index in [0.717, 1.165) is 11.3 Å². The normalized spacial score (nSPS) is 10.1. The number of ether oxygens (including phenoxy) is 2. The van der Waals surface area contributed by atoms with E-state index < -0.39 is 0 Å². The maximum absolute atomic E-state index is 10.8. The van der Waals surface area contributed by atoms with Crippen LogP contribution in [0, 0.1) is 6.92 Å². The molecule has 0 aliphatic heterocycles. The summed E-state index contributed by atoms with van der Waals surface area (Å²) in [5.74, 6) is 1.43. The Labute approximate surface area is 111 Å². The Morgan fingerprint density at radius 2 is 1.79 bits per heavy atom. The van der Waals surface area contributed by atoms with E-state index in [1.54, 1.807) is 20.3 Å². The summed E-state index contributed by atoms with van der Waals surface area (Å²) < 4.78 is 10.4. The topological polar surface area (TPSA) is 61.3 Å². The summed E-state index contributed by atoms with van der Waals surface area (Å²) in [4.78, 5) is 19.0. The van der Waals surface area contributed by atoms with Crippen molar-refractivity contribution in [1.29, 1.82) is 0 Å². The highest BCUT2D eigenvalue weighted by atomic mass is 16.5. The lowest BCUT2D eigenvalue weighted by molar-refractivity contribution is 0.111. The van der Waals surface area contributed by atoms with Gasteiger partial charge in [0, 0.05) is 11.3 Å². The predicted octanol–water partition coefficient (Wildman–Crippen LogP) is 2.28. The molecule has 0 spiro atoms. The molecule has 0 radical (unpaired) electrons. The highest BCUT2D eigenvalue weighted by molar-refractivity contribution is 5.72. The minimum absolute atomic E-state index is 0.171. The maximum Gasteiger partial charge on any atom is 0.193 e. The van der Waals surface area contributed by atoms with Gasteiger partial charge >= 0.3 is 0 Å². The van der Waals surface area contributed by atoms with Crippen molar-refractivity contribution in [3.8, 4) is 22.8 Å². The van der Waals surface area contributed by atoms with Crippen LogP contribution in [0.3, 0.4) is 0 Å². The van der Waals surface area contributed by atoms with Crippen LogP contribution in [0.5, 0.6) is 11.5 Å². The second-order valence-electron chi connectivity index (χ2n) is 3.94. The molecular weight excluding hydrogens is 244 g/mol. The lowest BCUT2D eigenvalue weighted by Crippen LogP contribution is -1.98. The second-order valence-corrected chi connectivity index (χ2v) is 3.94. The van der Waals surface area contributed by atoms with Gasteiger partial charge in [-0.2, -0.15) is 0 Å². The third kappa shape index (κ3) is 2.70. The number of aldehydes is 1. The van der Waals surface area contributed by atoms with E-state index in [-0.39, 0.29) is 5.82 Å². The molecule has 0 unspecified atom stereocenters. The number of carbonyl (C=O) groups is 1. The summed E-state index contributed by atoms with van der Waals surface area (Å²) in [5.41, 5.74) is 2.25. The van der Waals surface area contributed by atoms with Crippen LogP contribution in [0.15, 0.2) is 24.3 Å². The van der Waals surface area contributed by atoms with E-state index in [4.69, 9.17) is 9.47 Å². The third-order valence-corrected chi connectivity index (χ3v) is 2.66. The first-order chi connectivity index (χ1) is 9.17. The van der Waals surface area contributed by atoms with Crippen molar-refractivity contribution in [2.45, 2.75) is 6.92 Å². The summed E-state index contributed by atoms with van der Waals surface area (Å²) in [7, 11) is 3.15. The number of aromatic nitrogens is 2. The van der Waals surface area contributed by atoms with E-state index in [0.29, 0.717) is 23.5 Å². The zero-order valence-corrected chi connectivity index (χ0v) is 11.0. The molecule has 19 heavy (non-hydrogen) atoms. The largest absolute Gasteiger partial charge is 0.493 e. The smallest absolute Gasteiger partial charge is 0.193 e. The maximum atomic E-state index is 10.8. The first kappa shape index (κ1) is 13.0. The van der Waals surface area contributed by atoms with Gasteiger partial charge in [0.05, 0.1) is 19.9 Å². The van der Waals surface area contributed by atoms with Crippen molar-refractivity contribution in [3.63, 3.8) is 0 Å². The molecule has 0 fully saturated rings. The molecule has 0 saturated heterocycles. The molecule has 0 saturated carbocycles. The zero-order valence-electron chi connectivity index (χ0n) is 11.0. The average molecular weight is 258 g/mol. The highest BCUT2D eigenvalue weighted by Gasteiger charge is 2.09. The molecule has 1 aromatic heterocycles. The van der Waals surface area contributed by atoms with Crippen molar-refractivity contribution < 1.29 is 14.3 Å². The molecule has 2 aromatic rings. The number of hydrogen-bond donors (Lipinski definition) is 0. The van der Waals surface area contributed by atoms with Gasteiger partial charge in [-0.3, -0.25) is 4.79 Å². The van der Waals surface area contributed by atoms with E-state index in [2.05, 4.69) is 9.97 Å². The first-order valence-corrected chi connectivity index (χ1v) is 5.71. The van der Waals surface area contributed by atoms with Crippen LogP contribution in [0.4, 0.5) is 0 Å². The lowest BCUT2D eigenvalue weighted by Gasteiger charge is -2.09. The molecule has 1 aromatic carbocycles. The summed E-state index contributed by atoms with van der Waals surface area (Å²) in [6, 6.07) is 7.29. The number of carbonyl (C=O) groups excluding carboxylic acids is 1. The van der Waals surface area contributed by atoms with Crippen LogP contribution in [-0.2, 0) is 0 Å². The SMILES string of the molecule is COc1ccc(-c2cc(C)nc(C=O)n2)cc1OC. The van der Waals surface area contributed by atoms with Crippen LogP contribution in [-0.4, -0.2) is 30.5 Å². The Morgan fingerprint density at radius 3 is 2.42 bits per heavy atom. The molecule has 5 heteroatoms. The van der Waals surface area contributed by atoms with Gasteiger partial charge in [0.15, 0.2) is 23.6 Å². The van der Waals surface area contributed by atoms with Gasteiger partial charge in [-0.1, -0.05) is 0 Å². The molecule has 1 heterocycles. The molecule has 0 aliphatic carbocycles. The fraction of sp³-hybridized carbons (Fsp3) is 0.214. The van der Waals surface area contributed by atoms with Gasteiger partial charge in [-0.25, -0.2) is 9.97 Å². The predicted molar refractivity (Wildman–Crippen MR) is 70.7 cm³/mol. The third-order valence-electron chi connectivity index (χ3n) is 2.66. The molecule has 0 N–H and O–H groups in total. The molecule has 98 valence electrons. The quantitative estimate of drug-likeness (QED) is 0.787. The fourth-order valence-corrected chi connectivity index (χ4v) is 1.79. The van der Waals surface area contributed by atoms with Crippen molar-refractivity contribution in [3.05, 3.63) is 35.8 Å². The Hall–Kier alpha value is -2.43. The van der Waals surface area contributed by atoms with Gasteiger partial charge < -0.3 is 9.47 Å². The van der Waals surface area contributed by atoms with Crippen molar-refractivity contribution in [2.75, 3.05) is 14.2 Å². The molecule has 5 nitrogen and oxygen atoms in total. The van der Waals surface area contributed by atoms with Crippen molar-refractivity contribution >= 4 is 6.29 Å². The van der Waals surface area contributed by atoms with E-state index in [9.17, 15) is 4.79 Å². The van der Waals surface area contributed by atoms with E-state index >= 15 is 0 Å². The molecule has 0 atom stereocenters. The number of methoxy groups -OCH3 is 2. The summed E-state index contributed by atoms with van der Waals surface area (Å²) in [6.45, 7) is 1.82. The lowest BCUT2D eigenvalue weighted by atomic mass is 10.1. The van der Waals surface area contributed by atoms with Crippen LogP contribution >= 0.6 is 0 Å². The van der Waals surface area contributed by atoms with E-state index in [1.807, 2.05) is 25.1 Å². The van der Waals surface area contributed by atoms with Crippen LogP contribution in [0.25, 0.3) is 11.3 Å². The van der Waals surface area contributed by atoms with Crippen LogP contribution in [0.1, 0.15) is 16.3 Å². The summed E-state index contributed by atoms with van der Waals surface area (Å²) in [6.07, 6.45) is 0.636. The standard InChI is InChI=1S/C14H14N2O3/c1-9-6-11(16-14(8-17)15-9)10-4-5-12(18-2)13(7-10)19-3/h4-8H,1-3H3. The molecule has 0 amide bonds. The minimum Gasteiger partial charge on any atom is -0.493 e. The van der Waals surface area contributed by atoms with E-state index in [1.165, 1.54) is 0 Å². The molecule has 0 aliphatic rings. The van der Waals surface area contributed by atoms with Crippen LogP contribution in [0.2, 0.25) is 0 Å². The van der Waals surface area contributed by atoms with Gasteiger partial charge in [0.1, 0.15) is 0 Å². The molecular formula is C14H14N2O3. The molecule has 2 rings (SSSR count). The van der Waals surface area contributed by atoms with Gasteiger partial charge in [-0.15, -0.1) is 0 Å². The van der Waals surface area contributed by atoms with Gasteiger partial charge in [0.25, 0.3) is 0 Å². The molecule has 0 bridgehead atoms. The monoisotopic (exact) mass is 258 g/mol. The number of benzene rings is 1. The fourth-order valence-electron chi connectivity index (χ4n) is 1.79. The Kier molecular flexibility index (Phi) is 3.75. The second kappa shape index (κ2) is 5.48. The van der Waals surface area contributed by atoms with Gasteiger partial charge in [-0.05, 0) is 31.2 Å². The zero-order chi connectivity index (χ0) is 13.8. The summed E-state index contributed by atoms with van der Waals surface area (Å²) >= 11 is 0. The van der Waals surface area contributed by atoms with Crippen molar-refractivity contribution in [1.82, 2.24) is 9.97 Å². The van der Waals surface area contributed by atoms with Crippen molar-refractivity contribution in [2.24, 2.45) is 0 Å². The minimum atomic E-state index is 0.171. The van der Waals surface area contributed by atoms with Crippen LogP contribution < -0.4 is 9.47 Å². The Morgan fingerprint density at radius 1 is 1.05 bits per heavy atom. The number of hydrogen-bond acceptors (Lipinski definition) is 5. The highest BCUT2D eigenvalue weighted by Crippen LogP contribution is 2.31. The Balaban J connectivity index is 2.52. The van der Waals surface area contributed by atoms with Gasteiger partial charge in [0.2, 0.25) is 0 Å². The number of nitrogens with zero attached hydrogens (tertiary/aromatic N) is 2. The first-order valence-electron chi connectivity index (χ1n) is 5.71. The average Bonchev–Trinajstić information content (AvgIpc) is 2.45. The number of aryl methyl sites for hydroxylation is 1. The summed E-state index contributed by atoms with van der Waals surface area (Å²) in [5, 5.41) is 0. The number of rotatable bonds is 4.